The maximum atomic E-state index is 10.3. The van der Waals surface area contributed by atoms with Crippen LogP contribution in [-0.4, -0.2) is 77.0 Å². The number of unbranched alkanes of at least 4 members (excludes halogenated alkanes) is 2. The van der Waals surface area contributed by atoms with Gasteiger partial charge in [-0.1, -0.05) is 12.1 Å². The second-order valence-corrected chi connectivity index (χ2v) is 9.05. The summed E-state index contributed by atoms with van der Waals surface area (Å²) in [6, 6.07) is 12.1. The summed E-state index contributed by atoms with van der Waals surface area (Å²) < 4.78 is 21.3. The van der Waals surface area contributed by atoms with Crippen LogP contribution in [0.3, 0.4) is 0 Å². The molecule has 0 saturated heterocycles. The monoisotopic (exact) mass is 506 g/mol. The summed E-state index contributed by atoms with van der Waals surface area (Å²) in [5, 5.41) is 24.7. The van der Waals surface area contributed by atoms with Crippen LogP contribution in [0.25, 0.3) is 0 Å². The molecule has 2 atom stereocenters. The van der Waals surface area contributed by atoms with E-state index in [9.17, 15) is 10.2 Å². The number of hydrogen-bond donors (Lipinski definition) is 4. The van der Waals surface area contributed by atoms with Crippen molar-refractivity contribution in [2.75, 3.05) is 54.6 Å². The van der Waals surface area contributed by atoms with Crippen LogP contribution < -0.4 is 29.6 Å². The molecule has 0 amide bonds. The van der Waals surface area contributed by atoms with Crippen molar-refractivity contribution in [1.82, 2.24) is 0 Å². The highest BCUT2D eigenvalue weighted by Crippen LogP contribution is 2.29. The highest BCUT2D eigenvalue weighted by Gasteiger charge is 2.19. The number of nitrogens with two attached hydrogens (primary N) is 2. The van der Waals surface area contributed by atoms with Crippen LogP contribution in [0.1, 0.15) is 36.8 Å². The van der Waals surface area contributed by atoms with Crippen molar-refractivity contribution in [3.05, 3.63) is 47.5 Å². The number of aliphatic hydroxyl groups is 2. The fraction of sp³-hybridized carbons (Fsp3) is 0.571. The lowest BCUT2D eigenvalue weighted by Gasteiger charge is -2.15. The molecule has 2 unspecified atom stereocenters. The van der Waals surface area contributed by atoms with Crippen molar-refractivity contribution < 1.29 is 39.8 Å². The van der Waals surface area contributed by atoms with Gasteiger partial charge in [0.25, 0.3) is 0 Å². The van der Waals surface area contributed by atoms with Crippen molar-refractivity contribution in [1.29, 1.82) is 0 Å². The van der Waals surface area contributed by atoms with Crippen LogP contribution in [-0.2, 0) is 12.8 Å². The Hall–Kier alpha value is -2.52. The molecule has 8 heteroatoms. The van der Waals surface area contributed by atoms with Crippen molar-refractivity contribution in [2.24, 2.45) is 0 Å². The summed E-state index contributed by atoms with van der Waals surface area (Å²) in [6.07, 6.45) is 4.73. The minimum atomic E-state index is -0.709. The largest absolute Gasteiger partial charge is 0.493 e. The van der Waals surface area contributed by atoms with Crippen LogP contribution in [0, 0.1) is 0 Å². The van der Waals surface area contributed by atoms with Crippen molar-refractivity contribution >= 4 is 0 Å². The Bertz CT molecular complexity index is 808. The maximum Gasteiger partial charge on any atom is 0.160 e. The summed E-state index contributed by atoms with van der Waals surface area (Å²) in [4.78, 5) is 0. The molecule has 0 aliphatic rings. The first kappa shape index (κ1) is 29.7. The SMILES string of the molecule is COc1ccc(CCCC[NH2+]CC(O)C(O)C[NH2+]CCCCc2ccc(OC)c(OC)c2)cc1OC. The Kier molecular flexibility index (Phi) is 14.1. The third-order valence-electron chi connectivity index (χ3n) is 6.40. The predicted octanol–water partition coefficient (Wildman–Crippen LogP) is 0.915. The first-order chi connectivity index (χ1) is 17.5. The molecule has 0 spiro atoms. The zero-order valence-electron chi connectivity index (χ0n) is 22.4. The molecule has 0 bridgehead atoms. The fourth-order valence-electron chi connectivity index (χ4n) is 4.20. The van der Waals surface area contributed by atoms with E-state index < -0.39 is 12.2 Å². The van der Waals surface area contributed by atoms with E-state index in [1.165, 1.54) is 11.1 Å². The molecule has 2 aromatic carbocycles. The standard InChI is InChI=1S/C28H44N2O6/c1-33-25-13-11-21(17-27(25)35-3)9-5-7-15-29-19-23(31)24(32)20-30-16-8-6-10-22-12-14-26(34-2)28(18-22)36-4/h11-14,17-18,23-24,29-32H,5-10,15-16,19-20H2,1-4H3/p+2. The van der Waals surface area contributed by atoms with Crippen molar-refractivity contribution in [3.8, 4) is 23.0 Å². The third-order valence-corrected chi connectivity index (χ3v) is 6.40. The molecule has 8 nitrogen and oxygen atoms in total. The summed E-state index contributed by atoms with van der Waals surface area (Å²) in [7, 11) is 6.58. The van der Waals surface area contributed by atoms with Crippen LogP contribution in [0.4, 0.5) is 0 Å². The number of hydrogen-bond acceptors (Lipinski definition) is 6. The van der Waals surface area contributed by atoms with E-state index in [1.807, 2.05) is 24.3 Å². The number of quaternary nitrogens is 2. The number of aryl methyl sites for hydroxylation is 2. The lowest BCUT2D eigenvalue weighted by Crippen LogP contribution is -2.90. The molecule has 0 saturated carbocycles. The van der Waals surface area contributed by atoms with Crippen molar-refractivity contribution in [2.45, 2.75) is 50.7 Å². The van der Waals surface area contributed by atoms with E-state index in [4.69, 9.17) is 18.9 Å². The molecule has 0 radical (unpaired) electrons. The lowest BCUT2D eigenvalue weighted by molar-refractivity contribution is -0.675. The van der Waals surface area contributed by atoms with Gasteiger partial charge in [0.15, 0.2) is 23.0 Å². The van der Waals surface area contributed by atoms with Gasteiger partial charge in [0.2, 0.25) is 0 Å². The average molecular weight is 507 g/mol. The number of methoxy groups -OCH3 is 4. The van der Waals surface area contributed by atoms with Gasteiger partial charge in [-0.3, -0.25) is 0 Å². The molecule has 2 rings (SSSR count). The van der Waals surface area contributed by atoms with Gasteiger partial charge in [0.1, 0.15) is 25.3 Å². The molecule has 0 fully saturated rings. The minimum Gasteiger partial charge on any atom is -0.493 e. The van der Waals surface area contributed by atoms with Crippen LogP contribution in [0.15, 0.2) is 36.4 Å². The molecular formula is C28H46N2O6+2. The summed E-state index contributed by atoms with van der Waals surface area (Å²) in [5.74, 6) is 3.00. The van der Waals surface area contributed by atoms with Gasteiger partial charge >= 0.3 is 0 Å². The van der Waals surface area contributed by atoms with Crippen LogP contribution in [0.5, 0.6) is 23.0 Å². The second kappa shape index (κ2) is 17.0. The van der Waals surface area contributed by atoms with Gasteiger partial charge in [0.05, 0.1) is 41.5 Å². The quantitative estimate of drug-likeness (QED) is 0.211. The third kappa shape index (κ3) is 10.2. The summed E-state index contributed by atoms with van der Waals surface area (Å²) >= 11 is 0. The normalized spacial score (nSPS) is 12.7. The molecule has 2 aromatic rings. The number of benzene rings is 2. The summed E-state index contributed by atoms with van der Waals surface area (Å²) in [6.45, 7) is 2.89. The Morgan fingerprint density at radius 2 is 0.972 bits per heavy atom. The molecule has 6 N–H and O–H groups in total. The maximum absolute atomic E-state index is 10.3. The van der Waals surface area contributed by atoms with E-state index in [0.717, 1.165) is 74.6 Å². The van der Waals surface area contributed by atoms with Gasteiger partial charge in [-0.25, -0.2) is 0 Å². The Morgan fingerprint density at radius 3 is 1.33 bits per heavy atom. The van der Waals surface area contributed by atoms with Crippen molar-refractivity contribution in [3.63, 3.8) is 0 Å². The average Bonchev–Trinajstić information content (AvgIpc) is 2.91. The zero-order chi connectivity index (χ0) is 26.2. The van der Waals surface area contributed by atoms with Crippen LogP contribution in [0.2, 0.25) is 0 Å². The van der Waals surface area contributed by atoms with E-state index in [2.05, 4.69) is 22.8 Å². The van der Waals surface area contributed by atoms with Gasteiger partial charge in [-0.15, -0.1) is 0 Å². The van der Waals surface area contributed by atoms with Gasteiger partial charge in [-0.05, 0) is 73.9 Å². The molecule has 0 heterocycles. The summed E-state index contributed by atoms with van der Waals surface area (Å²) in [5.41, 5.74) is 2.45. The molecule has 36 heavy (non-hydrogen) atoms. The lowest BCUT2D eigenvalue weighted by atomic mass is 10.1. The Labute approximate surface area is 215 Å². The Balaban J connectivity index is 1.51. The second-order valence-electron chi connectivity index (χ2n) is 9.05. The molecule has 0 aliphatic heterocycles. The van der Waals surface area contributed by atoms with Gasteiger partial charge in [-0.2, -0.15) is 0 Å². The first-order valence-corrected chi connectivity index (χ1v) is 12.9. The molecule has 202 valence electrons. The van der Waals surface area contributed by atoms with Crippen LogP contribution >= 0.6 is 0 Å². The highest BCUT2D eigenvalue weighted by atomic mass is 16.5. The van der Waals surface area contributed by atoms with E-state index >= 15 is 0 Å². The van der Waals surface area contributed by atoms with E-state index in [1.54, 1.807) is 28.4 Å². The number of rotatable bonds is 19. The molecular weight excluding hydrogens is 460 g/mol. The predicted molar refractivity (Wildman–Crippen MR) is 140 cm³/mol. The van der Waals surface area contributed by atoms with E-state index in [-0.39, 0.29) is 0 Å². The first-order valence-electron chi connectivity index (χ1n) is 12.9. The minimum absolute atomic E-state index is 0.519. The number of aliphatic hydroxyl groups excluding tert-OH is 2. The van der Waals surface area contributed by atoms with Gasteiger partial charge in [0, 0.05) is 0 Å². The molecule has 0 aliphatic carbocycles. The number of ether oxygens (including phenoxy) is 4. The smallest absolute Gasteiger partial charge is 0.160 e. The van der Waals surface area contributed by atoms with Gasteiger partial charge < -0.3 is 39.8 Å². The van der Waals surface area contributed by atoms with E-state index in [0.29, 0.717) is 13.1 Å². The zero-order valence-corrected chi connectivity index (χ0v) is 22.4. The molecule has 0 aromatic heterocycles. The fourth-order valence-corrected chi connectivity index (χ4v) is 4.20. The Morgan fingerprint density at radius 1 is 0.583 bits per heavy atom. The highest BCUT2D eigenvalue weighted by molar-refractivity contribution is 5.43. The topological polar surface area (TPSA) is 111 Å².